The lowest BCUT2D eigenvalue weighted by atomic mass is 10.2. The summed E-state index contributed by atoms with van der Waals surface area (Å²) in [5.41, 5.74) is 0.805. The highest BCUT2D eigenvalue weighted by atomic mass is 35.5. The van der Waals surface area contributed by atoms with Crippen LogP contribution in [0.5, 0.6) is 11.5 Å². The van der Waals surface area contributed by atoms with Gasteiger partial charge in [-0.3, -0.25) is 0 Å². The summed E-state index contributed by atoms with van der Waals surface area (Å²) >= 11 is 0. The van der Waals surface area contributed by atoms with E-state index in [1.165, 1.54) is 6.33 Å². The average molecular weight is 251 g/mol. The van der Waals surface area contributed by atoms with E-state index < -0.39 is 0 Å². The molecule has 0 fully saturated rings. The fourth-order valence-electron chi connectivity index (χ4n) is 1.38. The van der Waals surface area contributed by atoms with Crippen LogP contribution in [0.25, 0.3) is 10.9 Å². The lowest BCUT2D eigenvalue weighted by Crippen LogP contribution is -1.97. The Hall–Kier alpha value is -1.99. The highest BCUT2D eigenvalue weighted by molar-refractivity contribution is 5.85. The molecule has 1 heterocycles. The van der Waals surface area contributed by atoms with Gasteiger partial charge in [-0.1, -0.05) is 5.92 Å². The highest BCUT2D eigenvalue weighted by Gasteiger charge is 2.06. The Bertz CT molecular complexity index is 552. The molecule has 0 aliphatic heterocycles. The van der Waals surface area contributed by atoms with Crippen LogP contribution in [0.3, 0.4) is 0 Å². The van der Waals surface area contributed by atoms with Crippen LogP contribution in [0.15, 0.2) is 24.7 Å². The van der Waals surface area contributed by atoms with Crippen molar-refractivity contribution in [2.75, 3.05) is 13.7 Å². The molecule has 0 spiro atoms. The summed E-state index contributed by atoms with van der Waals surface area (Å²) in [4.78, 5) is 8.07. The van der Waals surface area contributed by atoms with Crippen molar-refractivity contribution in [2.24, 2.45) is 0 Å². The van der Waals surface area contributed by atoms with Crippen LogP contribution >= 0.6 is 12.4 Å². The molecule has 88 valence electrons. The first-order valence-corrected chi connectivity index (χ1v) is 4.69. The largest absolute Gasteiger partial charge is 0.493 e. The molecule has 5 heteroatoms. The fourth-order valence-corrected chi connectivity index (χ4v) is 1.38. The number of nitrogens with zero attached hydrogens (tertiary/aromatic N) is 2. The zero-order chi connectivity index (χ0) is 11.4. The van der Waals surface area contributed by atoms with E-state index in [1.54, 1.807) is 19.4 Å². The Morgan fingerprint density at radius 1 is 1.35 bits per heavy atom. The number of rotatable bonds is 3. The second-order valence-corrected chi connectivity index (χ2v) is 3.08. The number of aromatic nitrogens is 2. The Morgan fingerprint density at radius 2 is 2.18 bits per heavy atom. The number of methoxy groups -OCH3 is 1. The SMILES string of the molecule is C#CCOc1cc2cncnc2cc1OC.Cl. The third kappa shape index (κ3) is 2.77. The summed E-state index contributed by atoms with van der Waals surface area (Å²) in [6.07, 6.45) is 8.34. The minimum Gasteiger partial charge on any atom is -0.493 e. The average Bonchev–Trinajstić information content (AvgIpc) is 2.35. The second kappa shape index (κ2) is 5.92. The predicted octanol–water partition coefficient (Wildman–Crippen LogP) is 2.07. The van der Waals surface area contributed by atoms with Gasteiger partial charge in [-0.25, -0.2) is 9.97 Å². The summed E-state index contributed by atoms with van der Waals surface area (Å²) in [6, 6.07) is 3.61. The Balaban J connectivity index is 0.00000144. The summed E-state index contributed by atoms with van der Waals surface area (Å²) in [5, 5.41) is 0.885. The molecule has 2 rings (SSSR count). The quantitative estimate of drug-likeness (QED) is 0.783. The maximum Gasteiger partial charge on any atom is 0.163 e. The molecule has 0 aliphatic rings. The third-order valence-electron chi connectivity index (χ3n) is 2.10. The number of hydrogen-bond acceptors (Lipinski definition) is 4. The molecule has 0 N–H and O–H groups in total. The Kier molecular flexibility index (Phi) is 4.56. The summed E-state index contributed by atoms with van der Waals surface area (Å²) in [7, 11) is 1.57. The Morgan fingerprint density at radius 3 is 2.88 bits per heavy atom. The van der Waals surface area contributed by atoms with Gasteiger partial charge in [0.25, 0.3) is 0 Å². The van der Waals surface area contributed by atoms with E-state index in [-0.39, 0.29) is 19.0 Å². The number of fused-ring (bicyclic) bond motifs is 1. The molecular formula is C12H11ClN2O2. The number of terminal acetylenes is 1. The van der Waals surface area contributed by atoms with Gasteiger partial charge in [0, 0.05) is 17.6 Å². The third-order valence-corrected chi connectivity index (χ3v) is 2.10. The molecule has 1 aromatic carbocycles. The van der Waals surface area contributed by atoms with Gasteiger partial charge in [0.15, 0.2) is 11.5 Å². The maximum atomic E-state index is 5.37. The molecule has 0 saturated heterocycles. The van der Waals surface area contributed by atoms with Crippen molar-refractivity contribution in [3.05, 3.63) is 24.7 Å². The molecule has 0 radical (unpaired) electrons. The molecule has 0 aliphatic carbocycles. The van der Waals surface area contributed by atoms with E-state index in [1.807, 2.05) is 6.07 Å². The van der Waals surface area contributed by atoms with Crippen molar-refractivity contribution in [1.82, 2.24) is 9.97 Å². The van der Waals surface area contributed by atoms with Gasteiger partial charge in [-0.05, 0) is 6.07 Å². The molecule has 0 bridgehead atoms. The molecule has 0 atom stereocenters. The number of halogens is 1. The molecule has 17 heavy (non-hydrogen) atoms. The molecule has 1 aromatic heterocycles. The fraction of sp³-hybridized carbons (Fsp3) is 0.167. The summed E-state index contributed by atoms with van der Waals surface area (Å²) < 4.78 is 10.6. The molecular weight excluding hydrogens is 240 g/mol. The smallest absolute Gasteiger partial charge is 0.163 e. The number of benzene rings is 1. The maximum absolute atomic E-state index is 5.37. The van der Waals surface area contributed by atoms with E-state index in [0.717, 1.165) is 10.9 Å². The van der Waals surface area contributed by atoms with E-state index in [2.05, 4.69) is 15.9 Å². The second-order valence-electron chi connectivity index (χ2n) is 3.08. The van der Waals surface area contributed by atoms with E-state index in [9.17, 15) is 0 Å². The number of ether oxygens (including phenoxy) is 2. The van der Waals surface area contributed by atoms with Crippen LogP contribution in [0.4, 0.5) is 0 Å². The van der Waals surface area contributed by atoms with Gasteiger partial charge < -0.3 is 9.47 Å². The van der Waals surface area contributed by atoms with Gasteiger partial charge in [0.1, 0.15) is 12.9 Å². The molecule has 4 nitrogen and oxygen atoms in total. The summed E-state index contributed by atoms with van der Waals surface area (Å²) in [6.45, 7) is 0.204. The van der Waals surface area contributed by atoms with Crippen LogP contribution in [0, 0.1) is 12.3 Å². The van der Waals surface area contributed by atoms with Crippen molar-refractivity contribution in [2.45, 2.75) is 0 Å². The first-order chi connectivity index (χ1) is 7.85. The molecule has 2 aromatic rings. The van der Waals surface area contributed by atoms with Gasteiger partial charge in [-0.15, -0.1) is 18.8 Å². The van der Waals surface area contributed by atoms with Crippen molar-refractivity contribution in [3.63, 3.8) is 0 Å². The number of hydrogen-bond donors (Lipinski definition) is 0. The zero-order valence-corrected chi connectivity index (χ0v) is 10.0. The van der Waals surface area contributed by atoms with E-state index >= 15 is 0 Å². The van der Waals surface area contributed by atoms with Crippen LogP contribution in [0.1, 0.15) is 0 Å². The zero-order valence-electron chi connectivity index (χ0n) is 9.21. The van der Waals surface area contributed by atoms with Crippen LogP contribution in [-0.4, -0.2) is 23.7 Å². The lowest BCUT2D eigenvalue weighted by molar-refractivity contribution is 0.331. The van der Waals surface area contributed by atoms with Crippen LogP contribution in [0.2, 0.25) is 0 Å². The van der Waals surface area contributed by atoms with Crippen molar-refractivity contribution < 1.29 is 9.47 Å². The van der Waals surface area contributed by atoms with Crippen molar-refractivity contribution in [1.29, 1.82) is 0 Å². The monoisotopic (exact) mass is 250 g/mol. The molecule has 0 unspecified atom stereocenters. The summed E-state index contributed by atoms with van der Waals surface area (Å²) in [5.74, 6) is 3.62. The normalized spacial score (nSPS) is 9.18. The van der Waals surface area contributed by atoms with Gasteiger partial charge >= 0.3 is 0 Å². The minimum atomic E-state index is 0. The molecule has 0 amide bonds. The van der Waals surface area contributed by atoms with E-state index in [0.29, 0.717) is 11.5 Å². The van der Waals surface area contributed by atoms with Gasteiger partial charge in [-0.2, -0.15) is 0 Å². The lowest BCUT2D eigenvalue weighted by Gasteiger charge is -2.09. The van der Waals surface area contributed by atoms with Gasteiger partial charge in [0.05, 0.1) is 12.6 Å². The van der Waals surface area contributed by atoms with Crippen molar-refractivity contribution >= 4 is 23.3 Å². The Labute approximate surface area is 105 Å². The topological polar surface area (TPSA) is 44.2 Å². The highest BCUT2D eigenvalue weighted by Crippen LogP contribution is 2.30. The standard InChI is InChI=1S/C12H10N2O2.ClH/c1-3-4-16-12-5-9-7-13-8-14-10(9)6-11(12)15-2;/h1,5-8H,4H2,2H3;1H. The first-order valence-electron chi connectivity index (χ1n) is 4.69. The van der Waals surface area contributed by atoms with E-state index in [4.69, 9.17) is 15.9 Å². The van der Waals surface area contributed by atoms with Gasteiger partial charge in [0.2, 0.25) is 0 Å². The predicted molar refractivity (Wildman–Crippen MR) is 67.7 cm³/mol. The van der Waals surface area contributed by atoms with Crippen molar-refractivity contribution in [3.8, 4) is 23.8 Å². The first kappa shape index (κ1) is 13.1. The van der Waals surface area contributed by atoms with Crippen LogP contribution in [-0.2, 0) is 0 Å². The minimum absolute atomic E-state index is 0. The molecule has 0 saturated carbocycles. The van der Waals surface area contributed by atoms with Crippen LogP contribution < -0.4 is 9.47 Å².